The Balaban J connectivity index is 1.39. The van der Waals surface area contributed by atoms with Gasteiger partial charge in [0.05, 0.1) is 12.7 Å². The lowest BCUT2D eigenvalue weighted by Crippen LogP contribution is -2.36. The standard InChI is InChI=1S/C15H25N3/c1-12-10-17-18(11-12)8-7-16-15-4-2-3-14(9-15)13-5-6-13/h10-11,13-16H,2-9H2,1H3. The van der Waals surface area contributed by atoms with Crippen LogP contribution < -0.4 is 5.32 Å². The SMILES string of the molecule is Cc1cnn(CCNC2CCCC(C3CC3)C2)c1. The highest BCUT2D eigenvalue weighted by atomic mass is 15.3. The second-order valence-electron chi connectivity index (χ2n) is 6.20. The molecule has 0 bridgehead atoms. The topological polar surface area (TPSA) is 29.9 Å². The third-order valence-electron chi connectivity index (χ3n) is 4.54. The van der Waals surface area contributed by atoms with E-state index in [1.807, 2.05) is 10.9 Å². The molecule has 1 aromatic rings. The molecule has 0 aliphatic heterocycles. The summed E-state index contributed by atoms with van der Waals surface area (Å²) in [7, 11) is 0. The number of hydrogen-bond acceptors (Lipinski definition) is 2. The van der Waals surface area contributed by atoms with Gasteiger partial charge in [-0.15, -0.1) is 0 Å². The van der Waals surface area contributed by atoms with Crippen LogP contribution in [-0.4, -0.2) is 22.4 Å². The van der Waals surface area contributed by atoms with Gasteiger partial charge in [-0.05, 0) is 50.0 Å². The number of nitrogens with zero attached hydrogens (tertiary/aromatic N) is 2. The smallest absolute Gasteiger partial charge is 0.0534 e. The Morgan fingerprint density at radius 2 is 2.17 bits per heavy atom. The van der Waals surface area contributed by atoms with E-state index < -0.39 is 0 Å². The Bertz CT molecular complexity index is 381. The average Bonchev–Trinajstić information content (AvgIpc) is 3.14. The fourth-order valence-electron chi connectivity index (χ4n) is 3.38. The molecule has 2 atom stereocenters. The third kappa shape index (κ3) is 3.14. The predicted octanol–water partition coefficient (Wildman–Crippen LogP) is 2.75. The second kappa shape index (κ2) is 5.43. The van der Waals surface area contributed by atoms with Crippen molar-refractivity contribution in [3.8, 4) is 0 Å². The Kier molecular flexibility index (Phi) is 3.69. The van der Waals surface area contributed by atoms with Crippen LogP contribution in [0.5, 0.6) is 0 Å². The highest BCUT2D eigenvalue weighted by molar-refractivity contribution is 4.99. The van der Waals surface area contributed by atoms with E-state index in [2.05, 4.69) is 23.5 Å². The lowest BCUT2D eigenvalue weighted by Gasteiger charge is -2.30. The molecule has 0 aromatic carbocycles. The largest absolute Gasteiger partial charge is 0.312 e. The van der Waals surface area contributed by atoms with Crippen LogP contribution >= 0.6 is 0 Å². The maximum absolute atomic E-state index is 4.33. The molecule has 1 heterocycles. The Morgan fingerprint density at radius 1 is 1.28 bits per heavy atom. The molecule has 3 rings (SSSR count). The normalized spacial score (nSPS) is 28.5. The van der Waals surface area contributed by atoms with Crippen LogP contribution in [0.4, 0.5) is 0 Å². The van der Waals surface area contributed by atoms with Crippen molar-refractivity contribution in [2.75, 3.05) is 6.54 Å². The van der Waals surface area contributed by atoms with Crippen LogP contribution in [0.15, 0.2) is 12.4 Å². The zero-order valence-corrected chi connectivity index (χ0v) is 11.4. The molecular weight excluding hydrogens is 222 g/mol. The molecule has 0 saturated heterocycles. The monoisotopic (exact) mass is 247 g/mol. The van der Waals surface area contributed by atoms with Crippen LogP contribution in [0.25, 0.3) is 0 Å². The van der Waals surface area contributed by atoms with Crippen molar-refractivity contribution < 1.29 is 0 Å². The first kappa shape index (κ1) is 12.2. The fraction of sp³-hybridized carbons (Fsp3) is 0.800. The van der Waals surface area contributed by atoms with Crippen molar-refractivity contribution in [3.63, 3.8) is 0 Å². The average molecular weight is 247 g/mol. The molecule has 100 valence electrons. The summed E-state index contributed by atoms with van der Waals surface area (Å²) in [6.07, 6.45) is 12.8. The van der Waals surface area contributed by atoms with Gasteiger partial charge in [-0.2, -0.15) is 5.10 Å². The molecule has 2 aliphatic carbocycles. The molecule has 2 saturated carbocycles. The van der Waals surface area contributed by atoms with Gasteiger partial charge in [-0.1, -0.05) is 12.8 Å². The van der Waals surface area contributed by atoms with Gasteiger partial charge in [-0.25, -0.2) is 0 Å². The number of aromatic nitrogens is 2. The highest BCUT2D eigenvalue weighted by Crippen LogP contribution is 2.43. The second-order valence-corrected chi connectivity index (χ2v) is 6.20. The third-order valence-corrected chi connectivity index (χ3v) is 4.54. The highest BCUT2D eigenvalue weighted by Gasteiger charge is 2.34. The summed E-state index contributed by atoms with van der Waals surface area (Å²) in [6, 6.07) is 0.765. The first-order valence-corrected chi connectivity index (χ1v) is 7.54. The summed E-state index contributed by atoms with van der Waals surface area (Å²) in [6.45, 7) is 4.15. The van der Waals surface area contributed by atoms with Crippen molar-refractivity contribution >= 4 is 0 Å². The molecular formula is C15H25N3. The minimum Gasteiger partial charge on any atom is -0.312 e. The lowest BCUT2D eigenvalue weighted by molar-refractivity contribution is 0.259. The van der Waals surface area contributed by atoms with E-state index in [1.165, 1.54) is 44.1 Å². The van der Waals surface area contributed by atoms with Gasteiger partial charge in [0.1, 0.15) is 0 Å². The first-order chi connectivity index (χ1) is 8.81. The van der Waals surface area contributed by atoms with Crippen molar-refractivity contribution in [1.29, 1.82) is 0 Å². The van der Waals surface area contributed by atoms with Crippen LogP contribution in [0.3, 0.4) is 0 Å². The molecule has 1 N–H and O–H groups in total. The van der Waals surface area contributed by atoms with E-state index in [1.54, 1.807) is 0 Å². The summed E-state index contributed by atoms with van der Waals surface area (Å²) in [5.74, 6) is 2.12. The van der Waals surface area contributed by atoms with Gasteiger partial charge in [-0.3, -0.25) is 4.68 Å². The lowest BCUT2D eigenvalue weighted by atomic mass is 9.83. The number of rotatable bonds is 5. The molecule has 1 aromatic heterocycles. The van der Waals surface area contributed by atoms with Crippen LogP contribution in [0, 0.1) is 18.8 Å². The van der Waals surface area contributed by atoms with E-state index in [0.717, 1.165) is 31.0 Å². The van der Waals surface area contributed by atoms with Crippen LogP contribution in [-0.2, 0) is 6.54 Å². The molecule has 2 fully saturated rings. The molecule has 0 spiro atoms. The van der Waals surface area contributed by atoms with Gasteiger partial charge in [0.25, 0.3) is 0 Å². The summed E-state index contributed by atoms with van der Waals surface area (Å²) >= 11 is 0. The summed E-state index contributed by atoms with van der Waals surface area (Å²) in [4.78, 5) is 0. The quantitative estimate of drug-likeness (QED) is 0.867. The van der Waals surface area contributed by atoms with Crippen LogP contribution in [0.1, 0.15) is 44.1 Å². The van der Waals surface area contributed by atoms with E-state index in [4.69, 9.17) is 0 Å². The minimum atomic E-state index is 0.765. The Morgan fingerprint density at radius 3 is 2.89 bits per heavy atom. The summed E-state index contributed by atoms with van der Waals surface area (Å²) in [5.41, 5.74) is 1.25. The molecule has 3 heteroatoms. The molecule has 0 radical (unpaired) electrons. The molecule has 2 unspecified atom stereocenters. The Hall–Kier alpha value is -0.830. The molecule has 18 heavy (non-hydrogen) atoms. The van der Waals surface area contributed by atoms with Crippen molar-refractivity contribution in [2.45, 2.75) is 58.0 Å². The maximum Gasteiger partial charge on any atom is 0.0534 e. The van der Waals surface area contributed by atoms with Crippen molar-refractivity contribution in [3.05, 3.63) is 18.0 Å². The maximum atomic E-state index is 4.33. The van der Waals surface area contributed by atoms with Gasteiger partial charge in [0.2, 0.25) is 0 Å². The van der Waals surface area contributed by atoms with E-state index in [-0.39, 0.29) is 0 Å². The minimum absolute atomic E-state index is 0.765. The molecule has 3 nitrogen and oxygen atoms in total. The summed E-state index contributed by atoms with van der Waals surface area (Å²) < 4.78 is 2.05. The fourth-order valence-corrected chi connectivity index (χ4v) is 3.38. The molecule has 2 aliphatic rings. The van der Waals surface area contributed by atoms with Gasteiger partial charge < -0.3 is 5.32 Å². The van der Waals surface area contributed by atoms with Crippen LogP contribution in [0.2, 0.25) is 0 Å². The number of hydrogen-bond donors (Lipinski definition) is 1. The van der Waals surface area contributed by atoms with E-state index >= 15 is 0 Å². The van der Waals surface area contributed by atoms with E-state index in [9.17, 15) is 0 Å². The zero-order valence-electron chi connectivity index (χ0n) is 11.4. The number of nitrogens with one attached hydrogen (secondary N) is 1. The van der Waals surface area contributed by atoms with Crippen molar-refractivity contribution in [1.82, 2.24) is 15.1 Å². The van der Waals surface area contributed by atoms with Crippen molar-refractivity contribution in [2.24, 2.45) is 11.8 Å². The van der Waals surface area contributed by atoms with E-state index in [0.29, 0.717) is 0 Å². The number of aryl methyl sites for hydroxylation is 1. The first-order valence-electron chi connectivity index (χ1n) is 7.54. The van der Waals surface area contributed by atoms with Gasteiger partial charge in [0, 0.05) is 18.8 Å². The van der Waals surface area contributed by atoms with Gasteiger partial charge in [0.15, 0.2) is 0 Å². The predicted molar refractivity (Wildman–Crippen MR) is 73.4 cm³/mol. The summed E-state index contributed by atoms with van der Waals surface area (Å²) in [5, 5.41) is 8.06. The Labute approximate surface area is 110 Å². The van der Waals surface area contributed by atoms with Gasteiger partial charge >= 0.3 is 0 Å². The zero-order chi connectivity index (χ0) is 12.4. The molecule has 0 amide bonds.